The van der Waals surface area contributed by atoms with Crippen LogP contribution in [0.15, 0.2) is 48.8 Å². The second kappa shape index (κ2) is 4.73. The number of halogens is 1. The number of rotatable bonds is 1. The van der Waals surface area contributed by atoms with E-state index in [1.807, 2.05) is 36.4 Å². The van der Waals surface area contributed by atoms with Crippen molar-refractivity contribution >= 4 is 33.8 Å². The van der Waals surface area contributed by atoms with Gasteiger partial charge in [-0.2, -0.15) is 0 Å². The third kappa shape index (κ3) is 1.99. The highest BCUT2D eigenvalue weighted by Gasteiger charge is 2.11. The summed E-state index contributed by atoms with van der Waals surface area (Å²) < 4.78 is 1.10. The fraction of sp³-hybridized carbons (Fsp3) is 0. The molecule has 0 amide bonds. The molecule has 3 rings (SSSR count). The van der Waals surface area contributed by atoms with Crippen LogP contribution in [0.1, 0.15) is 0 Å². The number of hydrogen-bond donors (Lipinski definition) is 1. The average Bonchev–Trinajstić information content (AvgIpc) is 2.69. The van der Waals surface area contributed by atoms with E-state index in [4.69, 9.17) is 0 Å². The first-order chi connectivity index (χ1) is 7.86. The third-order valence-electron chi connectivity index (χ3n) is 2.51. The number of aromatic nitrogens is 1. The minimum absolute atomic E-state index is 0. The first kappa shape index (κ1) is 11.9. The van der Waals surface area contributed by atoms with Crippen molar-refractivity contribution in [3.8, 4) is 16.2 Å². The van der Waals surface area contributed by atoms with Crippen molar-refractivity contribution in [1.82, 2.24) is 4.98 Å². The number of aromatic hydroxyl groups is 1. The van der Waals surface area contributed by atoms with Crippen molar-refractivity contribution < 1.29 is 5.11 Å². The van der Waals surface area contributed by atoms with Gasteiger partial charge in [-0.05, 0) is 29.8 Å². The summed E-state index contributed by atoms with van der Waals surface area (Å²) in [5.41, 5.74) is 1.01. The van der Waals surface area contributed by atoms with Gasteiger partial charge in [0.15, 0.2) is 0 Å². The van der Waals surface area contributed by atoms with Gasteiger partial charge < -0.3 is 5.11 Å². The summed E-state index contributed by atoms with van der Waals surface area (Å²) in [6.45, 7) is 0. The van der Waals surface area contributed by atoms with Gasteiger partial charge in [0.05, 0.1) is 4.88 Å². The molecular formula is C13H10ClNOS. The Morgan fingerprint density at radius 3 is 2.41 bits per heavy atom. The fourth-order valence-electron chi connectivity index (χ4n) is 1.73. The van der Waals surface area contributed by atoms with Crippen LogP contribution in [0.3, 0.4) is 0 Å². The molecule has 0 saturated heterocycles. The Balaban J connectivity index is 0.00000108. The van der Waals surface area contributed by atoms with Gasteiger partial charge in [-0.25, -0.2) is 0 Å². The molecule has 4 heteroatoms. The lowest BCUT2D eigenvalue weighted by Crippen LogP contribution is -1.73. The molecule has 0 aliphatic rings. The smallest absolute Gasteiger partial charge is 0.142 e. The van der Waals surface area contributed by atoms with E-state index in [1.54, 1.807) is 23.7 Å². The van der Waals surface area contributed by atoms with Crippen LogP contribution in [-0.2, 0) is 0 Å². The molecule has 2 aromatic heterocycles. The summed E-state index contributed by atoms with van der Waals surface area (Å²) in [5.74, 6) is 0.367. The van der Waals surface area contributed by atoms with Gasteiger partial charge in [0.2, 0.25) is 0 Å². The Morgan fingerprint density at radius 2 is 1.71 bits per heavy atom. The van der Waals surface area contributed by atoms with Crippen LogP contribution in [0.2, 0.25) is 0 Å². The molecule has 0 aliphatic carbocycles. The largest absolute Gasteiger partial charge is 0.506 e. The molecule has 0 aliphatic heterocycles. The number of pyridine rings is 1. The van der Waals surface area contributed by atoms with E-state index >= 15 is 0 Å². The SMILES string of the molecule is Cl.Oc1c(-c2ccncc2)sc2ccccc12. The molecule has 0 atom stereocenters. The van der Waals surface area contributed by atoms with E-state index in [1.165, 1.54) is 0 Å². The molecule has 3 aromatic rings. The predicted molar refractivity (Wildman–Crippen MR) is 74.0 cm³/mol. The van der Waals surface area contributed by atoms with Gasteiger partial charge in [0.1, 0.15) is 5.75 Å². The van der Waals surface area contributed by atoms with Gasteiger partial charge in [-0.15, -0.1) is 23.7 Å². The molecule has 0 saturated carbocycles. The highest BCUT2D eigenvalue weighted by atomic mass is 35.5. The maximum atomic E-state index is 10.1. The highest BCUT2D eigenvalue weighted by molar-refractivity contribution is 7.22. The normalized spacial score (nSPS) is 10.1. The molecule has 1 N–H and O–H groups in total. The van der Waals surface area contributed by atoms with E-state index in [0.717, 1.165) is 20.5 Å². The van der Waals surface area contributed by atoms with Crippen LogP contribution in [0.25, 0.3) is 20.5 Å². The van der Waals surface area contributed by atoms with E-state index in [0.29, 0.717) is 5.75 Å². The minimum atomic E-state index is 0. The second-order valence-electron chi connectivity index (χ2n) is 3.51. The van der Waals surface area contributed by atoms with Crippen molar-refractivity contribution in [3.63, 3.8) is 0 Å². The van der Waals surface area contributed by atoms with Crippen LogP contribution in [0.5, 0.6) is 5.75 Å². The van der Waals surface area contributed by atoms with E-state index < -0.39 is 0 Å². The zero-order valence-electron chi connectivity index (χ0n) is 8.83. The van der Waals surface area contributed by atoms with Crippen LogP contribution in [0, 0.1) is 0 Å². The summed E-state index contributed by atoms with van der Waals surface area (Å²) in [6.07, 6.45) is 3.47. The molecule has 17 heavy (non-hydrogen) atoms. The zero-order chi connectivity index (χ0) is 11.0. The van der Waals surface area contributed by atoms with Crippen LogP contribution >= 0.6 is 23.7 Å². The van der Waals surface area contributed by atoms with Gasteiger partial charge in [0.25, 0.3) is 0 Å². The van der Waals surface area contributed by atoms with E-state index in [-0.39, 0.29) is 12.4 Å². The molecule has 0 unspecified atom stereocenters. The number of hydrogen-bond acceptors (Lipinski definition) is 3. The van der Waals surface area contributed by atoms with E-state index in [2.05, 4.69) is 4.98 Å². The molecule has 0 spiro atoms. The molecule has 86 valence electrons. The topological polar surface area (TPSA) is 33.1 Å². The van der Waals surface area contributed by atoms with Crippen molar-refractivity contribution in [2.75, 3.05) is 0 Å². The number of benzene rings is 1. The lowest BCUT2D eigenvalue weighted by Gasteiger charge is -1.96. The molecular weight excluding hydrogens is 254 g/mol. The first-order valence-electron chi connectivity index (χ1n) is 4.97. The van der Waals surface area contributed by atoms with Crippen molar-refractivity contribution in [1.29, 1.82) is 0 Å². The van der Waals surface area contributed by atoms with Crippen molar-refractivity contribution in [2.45, 2.75) is 0 Å². The Labute approximate surface area is 109 Å². The molecule has 1 aromatic carbocycles. The quantitative estimate of drug-likeness (QED) is 0.717. The molecule has 2 heterocycles. The van der Waals surface area contributed by atoms with Crippen molar-refractivity contribution in [2.24, 2.45) is 0 Å². The maximum Gasteiger partial charge on any atom is 0.142 e. The third-order valence-corrected chi connectivity index (χ3v) is 3.72. The number of thiophene rings is 1. The number of nitrogens with zero attached hydrogens (tertiary/aromatic N) is 1. The molecule has 0 bridgehead atoms. The Morgan fingerprint density at radius 1 is 1.00 bits per heavy atom. The van der Waals surface area contributed by atoms with Gasteiger partial charge in [0, 0.05) is 22.5 Å². The summed E-state index contributed by atoms with van der Waals surface area (Å²) in [4.78, 5) is 4.88. The summed E-state index contributed by atoms with van der Waals surface area (Å²) >= 11 is 1.60. The van der Waals surface area contributed by atoms with Crippen LogP contribution in [-0.4, -0.2) is 10.1 Å². The van der Waals surface area contributed by atoms with Gasteiger partial charge >= 0.3 is 0 Å². The summed E-state index contributed by atoms with van der Waals surface area (Å²) in [5, 5.41) is 11.0. The van der Waals surface area contributed by atoms with Gasteiger partial charge in [-0.1, -0.05) is 12.1 Å². The number of fused-ring (bicyclic) bond motifs is 1. The second-order valence-corrected chi connectivity index (χ2v) is 4.56. The molecule has 2 nitrogen and oxygen atoms in total. The van der Waals surface area contributed by atoms with Crippen LogP contribution in [0.4, 0.5) is 0 Å². The maximum absolute atomic E-state index is 10.1. The summed E-state index contributed by atoms with van der Waals surface area (Å²) in [6, 6.07) is 11.7. The molecule has 0 radical (unpaired) electrons. The highest BCUT2D eigenvalue weighted by Crippen LogP contribution is 2.42. The average molecular weight is 264 g/mol. The monoisotopic (exact) mass is 263 g/mol. The lowest BCUT2D eigenvalue weighted by molar-refractivity contribution is 0.485. The van der Waals surface area contributed by atoms with Crippen molar-refractivity contribution in [3.05, 3.63) is 48.8 Å². The Hall–Kier alpha value is -1.58. The Bertz CT molecular complexity index is 636. The summed E-state index contributed by atoms with van der Waals surface area (Å²) in [7, 11) is 0. The Kier molecular flexibility index (Phi) is 3.31. The predicted octanol–water partition coefficient (Wildman–Crippen LogP) is 4.09. The zero-order valence-corrected chi connectivity index (χ0v) is 10.5. The first-order valence-corrected chi connectivity index (χ1v) is 5.79. The standard InChI is InChI=1S/C13H9NOS.ClH/c15-12-10-3-1-2-4-11(10)16-13(12)9-5-7-14-8-6-9;/h1-8,15H;1H. The lowest BCUT2D eigenvalue weighted by atomic mass is 10.2. The van der Waals surface area contributed by atoms with Crippen LogP contribution < -0.4 is 0 Å². The molecule has 0 fully saturated rings. The fourth-order valence-corrected chi connectivity index (χ4v) is 2.83. The minimum Gasteiger partial charge on any atom is -0.506 e. The van der Waals surface area contributed by atoms with Gasteiger partial charge in [-0.3, -0.25) is 4.98 Å². The van der Waals surface area contributed by atoms with E-state index in [9.17, 15) is 5.11 Å².